The fraction of sp³-hybridized carbons (Fsp3) is 0.450. The first-order valence-corrected chi connectivity index (χ1v) is 9.51. The van der Waals surface area contributed by atoms with Crippen LogP contribution >= 0.6 is 0 Å². The van der Waals surface area contributed by atoms with Gasteiger partial charge >= 0.3 is 6.18 Å². The topological polar surface area (TPSA) is 70.6 Å². The largest absolute Gasteiger partial charge is 0.416 e. The lowest BCUT2D eigenvalue weighted by molar-refractivity contribution is -0.137. The molecule has 0 bridgehead atoms. The van der Waals surface area contributed by atoms with E-state index in [1.54, 1.807) is 22.9 Å². The van der Waals surface area contributed by atoms with E-state index in [4.69, 9.17) is 4.74 Å². The number of carbonyl (C=O) groups excluding carboxylic acids is 1. The van der Waals surface area contributed by atoms with Crippen molar-refractivity contribution in [1.29, 1.82) is 0 Å². The molecule has 1 aromatic heterocycles. The molecule has 3 rings (SSSR count). The summed E-state index contributed by atoms with van der Waals surface area (Å²) in [6.07, 6.45) is -0.695. The van der Waals surface area contributed by atoms with Crippen molar-refractivity contribution in [1.82, 2.24) is 9.97 Å². The molecule has 0 atom stereocenters. The summed E-state index contributed by atoms with van der Waals surface area (Å²) in [5.41, 5.74) is 0.795. The van der Waals surface area contributed by atoms with Crippen LogP contribution in [0.15, 0.2) is 24.4 Å². The monoisotopic (exact) mass is 423 g/mol. The van der Waals surface area contributed by atoms with Gasteiger partial charge in [0.1, 0.15) is 0 Å². The van der Waals surface area contributed by atoms with Gasteiger partial charge in [-0.05, 0) is 43.5 Å². The van der Waals surface area contributed by atoms with E-state index in [0.29, 0.717) is 48.8 Å². The molecule has 1 amide bonds. The van der Waals surface area contributed by atoms with Gasteiger partial charge in [-0.15, -0.1) is 0 Å². The summed E-state index contributed by atoms with van der Waals surface area (Å²) < 4.78 is 44.1. The maximum Gasteiger partial charge on any atom is 0.416 e. The average Bonchev–Trinajstić information content (AvgIpc) is 2.70. The molecular formula is C20H24F3N5O2. The first-order valence-electron chi connectivity index (χ1n) is 9.51. The highest BCUT2D eigenvalue weighted by Crippen LogP contribution is 2.33. The first-order chi connectivity index (χ1) is 14.2. The molecule has 1 aromatic carbocycles. The highest BCUT2D eigenvalue weighted by Gasteiger charge is 2.31. The Kier molecular flexibility index (Phi) is 6.45. The number of anilines is 4. The lowest BCUT2D eigenvalue weighted by atomic mass is 10.1. The van der Waals surface area contributed by atoms with Crippen LogP contribution in [0.3, 0.4) is 0 Å². The van der Waals surface area contributed by atoms with Gasteiger partial charge in [0.25, 0.3) is 0 Å². The first kappa shape index (κ1) is 21.8. The molecule has 0 spiro atoms. The zero-order valence-corrected chi connectivity index (χ0v) is 17.0. The number of hydrogen-bond donors (Lipinski definition) is 1. The van der Waals surface area contributed by atoms with E-state index in [9.17, 15) is 18.0 Å². The molecule has 30 heavy (non-hydrogen) atoms. The Labute approximate surface area is 172 Å². The minimum Gasteiger partial charge on any atom is -0.381 e. The number of aromatic nitrogens is 2. The van der Waals surface area contributed by atoms with Gasteiger partial charge in [-0.25, -0.2) is 4.98 Å². The van der Waals surface area contributed by atoms with Gasteiger partial charge in [-0.2, -0.15) is 18.2 Å². The second-order valence-electron chi connectivity index (χ2n) is 7.31. The SMILES string of the molecule is Cc1cc(C(F)(F)F)ccc1Nc1ncc(N(C)C)c(N(C=O)C2CCOCC2)n1. The Hall–Kier alpha value is -2.88. The fourth-order valence-electron chi connectivity index (χ4n) is 3.31. The van der Waals surface area contributed by atoms with Crippen molar-refractivity contribution < 1.29 is 22.7 Å². The molecule has 162 valence electrons. The molecule has 0 aliphatic carbocycles. The van der Waals surface area contributed by atoms with Crippen LogP contribution in [0.5, 0.6) is 0 Å². The molecule has 0 unspecified atom stereocenters. The summed E-state index contributed by atoms with van der Waals surface area (Å²) >= 11 is 0. The molecule has 1 N–H and O–H groups in total. The van der Waals surface area contributed by atoms with E-state index < -0.39 is 11.7 Å². The minimum absolute atomic E-state index is 0.0505. The second kappa shape index (κ2) is 8.86. The van der Waals surface area contributed by atoms with Gasteiger partial charge in [0.2, 0.25) is 12.4 Å². The van der Waals surface area contributed by atoms with Crippen LogP contribution in [0.4, 0.5) is 36.3 Å². The van der Waals surface area contributed by atoms with Gasteiger partial charge in [-0.3, -0.25) is 9.69 Å². The van der Waals surface area contributed by atoms with E-state index in [-0.39, 0.29) is 12.0 Å². The molecule has 1 saturated heterocycles. The highest BCUT2D eigenvalue weighted by atomic mass is 19.4. The van der Waals surface area contributed by atoms with Crippen LogP contribution in [-0.4, -0.2) is 49.7 Å². The number of nitrogens with one attached hydrogen (secondary N) is 1. The predicted octanol–water partition coefficient (Wildman–Crippen LogP) is 3.76. The quantitative estimate of drug-likeness (QED) is 0.714. The number of alkyl halides is 3. The average molecular weight is 423 g/mol. The minimum atomic E-state index is -4.41. The number of halogens is 3. The molecule has 0 saturated carbocycles. The normalized spacial score (nSPS) is 15.0. The van der Waals surface area contributed by atoms with Gasteiger partial charge in [-0.1, -0.05) is 0 Å². The predicted molar refractivity (Wildman–Crippen MR) is 108 cm³/mol. The van der Waals surface area contributed by atoms with E-state index in [0.717, 1.165) is 18.5 Å². The lowest BCUT2D eigenvalue weighted by Gasteiger charge is -2.32. The molecule has 1 aliphatic heterocycles. The number of carbonyl (C=O) groups is 1. The number of ether oxygens (including phenoxy) is 1. The Balaban J connectivity index is 1.93. The molecule has 7 nitrogen and oxygen atoms in total. The van der Waals surface area contributed by atoms with Gasteiger partial charge < -0.3 is 15.0 Å². The Morgan fingerprint density at radius 3 is 2.50 bits per heavy atom. The van der Waals surface area contributed by atoms with Gasteiger partial charge in [0.05, 0.1) is 17.4 Å². The van der Waals surface area contributed by atoms with Crippen molar-refractivity contribution in [2.24, 2.45) is 0 Å². The number of benzene rings is 1. The van der Waals surface area contributed by atoms with Crippen molar-refractivity contribution in [2.75, 3.05) is 42.4 Å². The fourth-order valence-corrected chi connectivity index (χ4v) is 3.31. The summed E-state index contributed by atoms with van der Waals surface area (Å²) in [7, 11) is 3.64. The number of hydrogen-bond acceptors (Lipinski definition) is 6. The third kappa shape index (κ3) is 4.81. The van der Waals surface area contributed by atoms with Crippen molar-refractivity contribution >= 4 is 29.6 Å². The zero-order valence-electron chi connectivity index (χ0n) is 17.0. The molecule has 1 aliphatic rings. The van der Waals surface area contributed by atoms with Gasteiger partial charge in [0.15, 0.2) is 5.82 Å². The summed E-state index contributed by atoms with van der Waals surface area (Å²) in [6.45, 7) is 2.70. The standard InChI is InChI=1S/C20H24F3N5O2/c1-13-10-14(20(21,22)23)4-5-16(13)25-19-24-11-17(27(2)3)18(26-19)28(12-29)15-6-8-30-9-7-15/h4-5,10-12,15H,6-9H2,1-3H3,(H,24,25,26). The highest BCUT2D eigenvalue weighted by molar-refractivity contribution is 5.82. The van der Waals surface area contributed by atoms with Crippen LogP contribution in [0, 0.1) is 6.92 Å². The Bertz CT molecular complexity index is 898. The third-order valence-corrected chi connectivity index (χ3v) is 4.97. The second-order valence-corrected chi connectivity index (χ2v) is 7.31. The van der Waals surface area contributed by atoms with Crippen LogP contribution in [0.2, 0.25) is 0 Å². The van der Waals surface area contributed by atoms with Crippen LogP contribution < -0.4 is 15.1 Å². The summed E-state index contributed by atoms with van der Waals surface area (Å²) in [5, 5.41) is 2.96. The van der Waals surface area contributed by atoms with Gasteiger partial charge in [0, 0.05) is 39.0 Å². The van der Waals surface area contributed by atoms with Crippen LogP contribution in [0.1, 0.15) is 24.0 Å². The van der Waals surface area contributed by atoms with Crippen molar-refractivity contribution in [2.45, 2.75) is 32.0 Å². The molecule has 2 aromatic rings. The molecule has 0 radical (unpaired) electrons. The van der Waals surface area contributed by atoms with Crippen LogP contribution in [0.25, 0.3) is 0 Å². The van der Waals surface area contributed by atoms with E-state index in [1.165, 1.54) is 6.07 Å². The number of amides is 1. The third-order valence-electron chi connectivity index (χ3n) is 4.97. The summed E-state index contributed by atoms with van der Waals surface area (Å²) in [5.74, 6) is 0.626. The Morgan fingerprint density at radius 1 is 1.23 bits per heavy atom. The van der Waals surface area contributed by atoms with Crippen molar-refractivity contribution in [3.63, 3.8) is 0 Å². The smallest absolute Gasteiger partial charge is 0.381 e. The van der Waals surface area contributed by atoms with E-state index in [1.807, 2.05) is 14.1 Å². The molecule has 2 heterocycles. The number of rotatable bonds is 6. The van der Waals surface area contributed by atoms with E-state index in [2.05, 4.69) is 15.3 Å². The number of nitrogens with zero attached hydrogens (tertiary/aromatic N) is 4. The van der Waals surface area contributed by atoms with Crippen LogP contribution in [-0.2, 0) is 15.7 Å². The molecule has 10 heteroatoms. The van der Waals surface area contributed by atoms with Crippen molar-refractivity contribution in [3.8, 4) is 0 Å². The molecular weight excluding hydrogens is 399 g/mol. The van der Waals surface area contributed by atoms with Crippen molar-refractivity contribution in [3.05, 3.63) is 35.5 Å². The lowest BCUT2D eigenvalue weighted by Crippen LogP contribution is -2.40. The maximum absolute atomic E-state index is 12.9. The summed E-state index contributed by atoms with van der Waals surface area (Å²) in [6, 6.07) is 3.36. The Morgan fingerprint density at radius 2 is 1.93 bits per heavy atom. The summed E-state index contributed by atoms with van der Waals surface area (Å²) in [4.78, 5) is 24.1. The number of aryl methyl sites for hydroxylation is 1. The maximum atomic E-state index is 12.9. The van der Waals surface area contributed by atoms with E-state index >= 15 is 0 Å². The zero-order chi connectivity index (χ0) is 21.9. The molecule has 1 fully saturated rings.